The van der Waals surface area contributed by atoms with Gasteiger partial charge in [-0.1, -0.05) is 37.3 Å². The summed E-state index contributed by atoms with van der Waals surface area (Å²) in [4.78, 5) is 45.6. The number of para-hydroxylation sites is 1. The van der Waals surface area contributed by atoms with Crippen molar-refractivity contribution in [2.45, 2.75) is 31.7 Å². The van der Waals surface area contributed by atoms with E-state index in [2.05, 4.69) is 22.5 Å². The molecule has 2 saturated heterocycles. The molecule has 2 heterocycles. The van der Waals surface area contributed by atoms with Gasteiger partial charge in [0.15, 0.2) is 0 Å². The molecule has 5 rings (SSSR count). The second-order valence-electron chi connectivity index (χ2n) is 10.5. The fourth-order valence-electron chi connectivity index (χ4n) is 5.70. The van der Waals surface area contributed by atoms with Crippen LogP contribution < -0.4 is 25.0 Å². The fraction of sp³-hybridized carbons (Fsp3) is 0.344. The number of amides is 4. The molecule has 10 nitrogen and oxygen atoms in total. The Morgan fingerprint density at radius 3 is 2.26 bits per heavy atom. The zero-order valence-corrected chi connectivity index (χ0v) is 24.3. The van der Waals surface area contributed by atoms with Crippen molar-refractivity contribution in [3.05, 3.63) is 78.4 Å². The maximum atomic E-state index is 14.0. The van der Waals surface area contributed by atoms with E-state index in [9.17, 15) is 14.4 Å². The molecule has 0 saturated carbocycles. The van der Waals surface area contributed by atoms with Crippen molar-refractivity contribution in [1.82, 2.24) is 9.80 Å². The molecule has 3 aromatic rings. The van der Waals surface area contributed by atoms with Crippen LogP contribution in [-0.4, -0.2) is 73.7 Å². The summed E-state index contributed by atoms with van der Waals surface area (Å²) in [6.07, 6.45) is 1.79. The summed E-state index contributed by atoms with van der Waals surface area (Å²) in [6, 6.07) is 22.4. The molecule has 0 aromatic heterocycles. The first kappa shape index (κ1) is 28.8. The normalized spacial score (nSPS) is 16.0. The summed E-state index contributed by atoms with van der Waals surface area (Å²) >= 11 is 0. The van der Waals surface area contributed by atoms with Crippen LogP contribution in [0.15, 0.2) is 72.8 Å². The molecule has 10 heteroatoms. The number of hydrogen-bond acceptors (Lipinski definition) is 6. The van der Waals surface area contributed by atoms with Crippen LogP contribution >= 0.6 is 0 Å². The highest BCUT2D eigenvalue weighted by Crippen LogP contribution is 2.40. The molecular weight excluding hydrogens is 534 g/mol. The van der Waals surface area contributed by atoms with Gasteiger partial charge in [0.25, 0.3) is 5.91 Å². The molecule has 220 valence electrons. The number of carbonyl (C=O) groups is 3. The Hall–Kier alpha value is -4.73. The number of nitrogens with zero attached hydrogens (tertiary/aromatic N) is 3. The van der Waals surface area contributed by atoms with Crippen LogP contribution in [0, 0.1) is 0 Å². The first-order valence-corrected chi connectivity index (χ1v) is 14.2. The molecule has 0 bridgehead atoms. The highest BCUT2D eigenvalue weighted by Gasteiger charge is 2.54. The number of rotatable bonds is 8. The largest absolute Gasteiger partial charge is 0.497 e. The van der Waals surface area contributed by atoms with Crippen LogP contribution in [0.1, 0.15) is 25.3 Å². The van der Waals surface area contributed by atoms with Gasteiger partial charge in [-0.05, 0) is 61.2 Å². The maximum Gasteiger partial charge on any atom is 0.321 e. The summed E-state index contributed by atoms with van der Waals surface area (Å²) < 4.78 is 10.7. The number of methoxy groups -OCH3 is 2. The zero-order valence-electron chi connectivity index (χ0n) is 24.3. The van der Waals surface area contributed by atoms with Gasteiger partial charge in [0.05, 0.1) is 26.6 Å². The number of likely N-dealkylation sites (tertiary alicyclic amines) is 1. The van der Waals surface area contributed by atoms with Crippen LogP contribution in [0.4, 0.5) is 21.9 Å². The predicted molar refractivity (Wildman–Crippen MR) is 162 cm³/mol. The van der Waals surface area contributed by atoms with Gasteiger partial charge >= 0.3 is 6.03 Å². The average molecular weight is 572 g/mol. The fourth-order valence-corrected chi connectivity index (χ4v) is 5.70. The predicted octanol–water partition coefficient (Wildman–Crippen LogP) is 4.58. The van der Waals surface area contributed by atoms with Crippen LogP contribution in [0.2, 0.25) is 0 Å². The summed E-state index contributed by atoms with van der Waals surface area (Å²) in [5.74, 6) is 0.772. The first-order valence-electron chi connectivity index (χ1n) is 14.2. The Balaban J connectivity index is 1.29. The minimum atomic E-state index is -0.848. The lowest BCUT2D eigenvalue weighted by Crippen LogP contribution is -2.58. The third-order valence-corrected chi connectivity index (χ3v) is 8.09. The number of benzene rings is 3. The lowest BCUT2D eigenvalue weighted by atomic mass is 9.85. The minimum absolute atomic E-state index is 0.0547. The Kier molecular flexibility index (Phi) is 8.51. The highest BCUT2D eigenvalue weighted by molar-refractivity contribution is 5.99. The lowest BCUT2D eigenvalue weighted by Gasteiger charge is -2.43. The summed E-state index contributed by atoms with van der Waals surface area (Å²) in [5, 5.41) is 5.84. The molecule has 3 aromatic carbocycles. The first-order chi connectivity index (χ1) is 20.4. The minimum Gasteiger partial charge on any atom is -0.497 e. The van der Waals surface area contributed by atoms with E-state index >= 15 is 0 Å². The van der Waals surface area contributed by atoms with E-state index in [1.54, 1.807) is 35.1 Å². The third kappa shape index (κ3) is 5.83. The van der Waals surface area contributed by atoms with Gasteiger partial charge in [0.2, 0.25) is 5.91 Å². The van der Waals surface area contributed by atoms with Crippen LogP contribution in [0.5, 0.6) is 11.5 Å². The number of nitrogens with one attached hydrogen (secondary N) is 2. The van der Waals surface area contributed by atoms with Crippen molar-refractivity contribution >= 4 is 34.9 Å². The molecule has 0 atom stereocenters. The van der Waals surface area contributed by atoms with Crippen LogP contribution in [0.3, 0.4) is 0 Å². The molecular formula is C32H37N5O5. The van der Waals surface area contributed by atoms with Crippen molar-refractivity contribution in [3.8, 4) is 11.5 Å². The van der Waals surface area contributed by atoms with E-state index in [0.29, 0.717) is 55.5 Å². The average Bonchev–Trinajstić information content (AvgIpc) is 3.28. The van der Waals surface area contributed by atoms with Gasteiger partial charge in [-0.2, -0.15) is 0 Å². The van der Waals surface area contributed by atoms with Crippen LogP contribution in [-0.2, 0) is 16.0 Å². The Morgan fingerprint density at radius 2 is 1.62 bits per heavy atom. The monoisotopic (exact) mass is 571 g/mol. The molecule has 4 amide bonds. The van der Waals surface area contributed by atoms with Crippen molar-refractivity contribution in [1.29, 1.82) is 0 Å². The second kappa shape index (κ2) is 12.4. The van der Waals surface area contributed by atoms with Gasteiger partial charge in [-0.25, -0.2) is 4.79 Å². The standard InChI is InChI=1S/C32H37N5O5/c1-4-23-10-12-24(13-11-23)33-29(38)21-36-22-37(25-8-6-5-7-9-25)32(30(36)39)16-18-35(19-17-32)31(40)34-27-15-14-26(41-2)20-28(27)42-3/h5-15,20H,4,16-19,21-22H2,1-3H3,(H,33,38)(H,34,40). The summed E-state index contributed by atoms with van der Waals surface area (Å²) in [7, 11) is 3.10. The van der Waals surface area contributed by atoms with Gasteiger partial charge in [0.1, 0.15) is 23.6 Å². The number of piperidine rings is 1. The molecule has 2 N–H and O–H groups in total. The van der Waals surface area contributed by atoms with E-state index in [1.165, 1.54) is 12.7 Å². The van der Waals surface area contributed by atoms with Gasteiger partial charge in [-0.15, -0.1) is 0 Å². The SMILES string of the molecule is CCc1ccc(NC(=O)CN2CN(c3ccccc3)C3(CCN(C(=O)Nc4ccc(OC)cc4OC)CC3)C2=O)cc1. The topological polar surface area (TPSA) is 103 Å². The highest BCUT2D eigenvalue weighted by atomic mass is 16.5. The second-order valence-corrected chi connectivity index (χ2v) is 10.5. The molecule has 0 aliphatic carbocycles. The Labute approximate surface area is 246 Å². The van der Waals surface area contributed by atoms with E-state index in [0.717, 1.165) is 12.1 Å². The Bertz CT molecular complexity index is 1420. The van der Waals surface area contributed by atoms with Crippen molar-refractivity contribution < 1.29 is 23.9 Å². The van der Waals surface area contributed by atoms with Crippen molar-refractivity contribution in [2.24, 2.45) is 0 Å². The summed E-state index contributed by atoms with van der Waals surface area (Å²) in [5.41, 5.74) is 2.48. The lowest BCUT2D eigenvalue weighted by molar-refractivity contribution is -0.136. The summed E-state index contributed by atoms with van der Waals surface area (Å²) in [6.45, 7) is 3.07. The van der Waals surface area contributed by atoms with E-state index in [1.807, 2.05) is 54.6 Å². The molecule has 2 fully saturated rings. The molecule has 1 spiro atoms. The zero-order chi connectivity index (χ0) is 29.7. The van der Waals surface area contributed by atoms with Crippen LogP contribution in [0.25, 0.3) is 0 Å². The third-order valence-electron chi connectivity index (χ3n) is 8.09. The quantitative estimate of drug-likeness (QED) is 0.411. The van der Waals surface area contributed by atoms with Gasteiger partial charge in [-0.3, -0.25) is 9.59 Å². The molecule has 0 radical (unpaired) electrons. The number of anilines is 3. The molecule has 42 heavy (non-hydrogen) atoms. The van der Waals surface area contributed by atoms with E-state index < -0.39 is 5.54 Å². The van der Waals surface area contributed by atoms with Gasteiger partial charge in [0, 0.05) is 30.5 Å². The number of urea groups is 1. The van der Waals surface area contributed by atoms with E-state index in [-0.39, 0.29) is 24.4 Å². The van der Waals surface area contributed by atoms with E-state index in [4.69, 9.17) is 9.47 Å². The number of ether oxygens (including phenoxy) is 2. The van der Waals surface area contributed by atoms with Gasteiger partial charge < -0.3 is 34.8 Å². The molecule has 2 aliphatic heterocycles. The van der Waals surface area contributed by atoms with Crippen molar-refractivity contribution in [2.75, 3.05) is 56.1 Å². The number of carbonyl (C=O) groups excluding carboxylic acids is 3. The molecule has 0 unspecified atom stereocenters. The smallest absolute Gasteiger partial charge is 0.321 e. The number of aryl methyl sites for hydroxylation is 1. The molecule has 2 aliphatic rings. The van der Waals surface area contributed by atoms with Crippen molar-refractivity contribution in [3.63, 3.8) is 0 Å². The number of hydrogen-bond donors (Lipinski definition) is 2. The Morgan fingerprint density at radius 1 is 0.905 bits per heavy atom. The maximum absolute atomic E-state index is 14.0.